The predicted octanol–water partition coefficient (Wildman–Crippen LogP) is -0.293. The fourth-order valence-electron chi connectivity index (χ4n) is 2.08. The smallest absolute Gasteiger partial charge is 0.282 e. The first-order valence-corrected chi connectivity index (χ1v) is 8.17. The summed E-state index contributed by atoms with van der Waals surface area (Å²) in [5, 5.41) is 5.77. The molecule has 1 aromatic carbocycles. The molecule has 7 nitrogen and oxygen atoms in total. The van der Waals surface area contributed by atoms with Crippen LogP contribution in [-0.4, -0.2) is 62.7 Å². The van der Waals surface area contributed by atoms with Gasteiger partial charge < -0.3 is 10.6 Å². The monoisotopic (exact) mass is 312 g/mol. The number of hydrogen-bond donors (Lipinski definition) is 2. The van der Waals surface area contributed by atoms with Crippen molar-refractivity contribution in [3.05, 3.63) is 30.3 Å². The molecule has 116 valence electrons. The number of nitrogens with one attached hydrogen (secondary N) is 2. The van der Waals surface area contributed by atoms with Crippen molar-refractivity contribution in [3.63, 3.8) is 0 Å². The van der Waals surface area contributed by atoms with Crippen LogP contribution in [0.25, 0.3) is 0 Å². The van der Waals surface area contributed by atoms with Crippen molar-refractivity contribution >= 4 is 21.8 Å². The van der Waals surface area contributed by atoms with Gasteiger partial charge in [0, 0.05) is 38.9 Å². The standard InChI is InChI=1S/C13H20N4O3S/c1-16(21(19,20)17-9-7-14-8-10-17)11-13(18)15-12-5-3-2-4-6-12/h2-6,14H,7-11H2,1H3,(H,15,18). The first kappa shape index (κ1) is 15.9. The average Bonchev–Trinajstić information content (AvgIpc) is 2.49. The molecule has 1 fully saturated rings. The molecule has 0 aromatic heterocycles. The van der Waals surface area contributed by atoms with Crippen LogP contribution in [0.1, 0.15) is 0 Å². The van der Waals surface area contributed by atoms with E-state index in [4.69, 9.17) is 0 Å². The molecule has 1 aromatic rings. The minimum absolute atomic E-state index is 0.207. The van der Waals surface area contributed by atoms with Gasteiger partial charge >= 0.3 is 0 Å². The van der Waals surface area contributed by atoms with Crippen molar-refractivity contribution in [2.24, 2.45) is 0 Å². The summed E-state index contributed by atoms with van der Waals surface area (Å²) in [5.41, 5.74) is 0.649. The molecule has 21 heavy (non-hydrogen) atoms. The molecule has 0 aliphatic carbocycles. The highest BCUT2D eigenvalue weighted by Gasteiger charge is 2.29. The second-order valence-electron chi connectivity index (χ2n) is 4.83. The van der Waals surface area contributed by atoms with Crippen molar-refractivity contribution in [3.8, 4) is 0 Å². The topological polar surface area (TPSA) is 81.8 Å². The number of rotatable bonds is 5. The van der Waals surface area contributed by atoms with Crippen LogP contribution in [0.15, 0.2) is 30.3 Å². The number of nitrogens with zero attached hydrogens (tertiary/aromatic N) is 2. The van der Waals surface area contributed by atoms with E-state index < -0.39 is 10.2 Å². The molecule has 1 aliphatic rings. The van der Waals surface area contributed by atoms with E-state index in [-0.39, 0.29) is 12.5 Å². The van der Waals surface area contributed by atoms with Crippen LogP contribution in [0.4, 0.5) is 5.69 Å². The van der Waals surface area contributed by atoms with Gasteiger partial charge in [0.05, 0.1) is 6.54 Å². The zero-order valence-corrected chi connectivity index (χ0v) is 12.8. The molecule has 1 saturated heterocycles. The van der Waals surface area contributed by atoms with Crippen LogP contribution in [0.5, 0.6) is 0 Å². The fraction of sp³-hybridized carbons (Fsp3) is 0.462. The van der Waals surface area contributed by atoms with Gasteiger partial charge in [0.25, 0.3) is 10.2 Å². The van der Waals surface area contributed by atoms with Crippen molar-refractivity contribution in [2.45, 2.75) is 0 Å². The molecular weight excluding hydrogens is 292 g/mol. The molecule has 8 heteroatoms. The molecule has 0 unspecified atom stereocenters. The van der Waals surface area contributed by atoms with E-state index in [1.807, 2.05) is 6.07 Å². The maximum absolute atomic E-state index is 12.3. The zero-order valence-electron chi connectivity index (χ0n) is 11.9. The molecular formula is C13H20N4O3S. The second kappa shape index (κ2) is 6.99. The van der Waals surface area contributed by atoms with E-state index in [1.54, 1.807) is 24.3 Å². The first-order valence-electron chi connectivity index (χ1n) is 6.77. The van der Waals surface area contributed by atoms with Crippen LogP contribution in [0.2, 0.25) is 0 Å². The Hall–Kier alpha value is -1.48. The van der Waals surface area contributed by atoms with Crippen LogP contribution < -0.4 is 10.6 Å². The zero-order chi connectivity index (χ0) is 15.3. The number of benzene rings is 1. The van der Waals surface area contributed by atoms with Crippen molar-refractivity contribution in [1.29, 1.82) is 0 Å². The lowest BCUT2D eigenvalue weighted by Crippen LogP contribution is -2.51. The SMILES string of the molecule is CN(CC(=O)Nc1ccccc1)S(=O)(=O)N1CCNCC1. The highest BCUT2D eigenvalue weighted by atomic mass is 32.2. The molecule has 1 aliphatic heterocycles. The molecule has 1 amide bonds. The number of hydrogen-bond acceptors (Lipinski definition) is 4. The van der Waals surface area contributed by atoms with Crippen molar-refractivity contribution < 1.29 is 13.2 Å². The lowest BCUT2D eigenvalue weighted by molar-refractivity contribution is -0.116. The summed E-state index contributed by atoms with van der Waals surface area (Å²) < 4.78 is 27.1. The van der Waals surface area contributed by atoms with Crippen molar-refractivity contribution in [1.82, 2.24) is 13.9 Å². The average molecular weight is 312 g/mol. The van der Waals surface area contributed by atoms with E-state index in [0.29, 0.717) is 31.9 Å². The van der Waals surface area contributed by atoms with Crippen LogP contribution in [-0.2, 0) is 15.0 Å². The van der Waals surface area contributed by atoms with E-state index in [0.717, 1.165) is 4.31 Å². The van der Waals surface area contributed by atoms with Crippen LogP contribution >= 0.6 is 0 Å². The summed E-state index contributed by atoms with van der Waals surface area (Å²) in [6.07, 6.45) is 0. The second-order valence-corrected chi connectivity index (χ2v) is 6.86. The lowest BCUT2D eigenvalue weighted by Gasteiger charge is -2.30. The minimum atomic E-state index is -3.58. The van der Waals surface area contributed by atoms with Gasteiger partial charge in [0.1, 0.15) is 0 Å². The van der Waals surface area contributed by atoms with Gasteiger partial charge in [-0.25, -0.2) is 0 Å². The lowest BCUT2D eigenvalue weighted by atomic mass is 10.3. The van der Waals surface area contributed by atoms with Crippen molar-refractivity contribution in [2.75, 3.05) is 45.1 Å². The summed E-state index contributed by atoms with van der Waals surface area (Å²) in [7, 11) is -2.16. The normalized spacial score (nSPS) is 16.9. The molecule has 0 bridgehead atoms. The Morgan fingerprint density at radius 2 is 1.90 bits per heavy atom. The highest BCUT2D eigenvalue weighted by molar-refractivity contribution is 7.86. The predicted molar refractivity (Wildman–Crippen MR) is 81.1 cm³/mol. The molecule has 0 atom stereocenters. The van der Waals surface area contributed by atoms with Gasteiger partial charge in [-0.05, 0) is 12.1 Å². The molecule has 0 radical (unpaired) electrons. The third-order valence-electron chi connectivity index (χ3n) is 3.22. The Morgan fingerprint density at radius 3 is 2.52 bits per heavy atom. The maximum atomic E-state index is 12.3. The van der Waals surface area contributed by atoms with Crippen LogP contribution in [0.3, 0.4) is 0 Å². The third kappa shape index (κ3) is 4.24. The molecule has 0 saturated carbocycles. The summed E-state index contributed by atoms with van der Waals surface area (Å²) in [6.45, 7) is 1.90. The Kier molecular flexibility index (Phi) is 5.29. The summed E-state index contributed by atoms with van der Waals surface area (Å²) in [6, 6.07) is 8.95. The Bertz CT molecular complexity index is 570. The summed E-state index contributed by atoms with van der Waals surface area (Å²) in [5.74, 6) is -0.359. The number of para-hydroxylation sites is 1. The van der Waals surface area contributed by atoms with E-state index in [9.17, 15) is 13.2 Å². The molecule has 1 heterocycles. The Balaban J connectivity index is 1.93. The van der Waals surface area contributed by atoms with Gasteiger partial charge in [-0.3, -0.25) is 4.79 Å². The van der Waals surface area contributed by atoms with Gasteiger partial charge in [0.15, 0.2) is 0 Å². The van der Waals surface area contributed by atoms with E-state index in [1.165, 1.54) is 11.4 Å². The molecule has 2 N–H and O–H groups in total. The molecule has 0 spiro atoms. The number of carbonyl (C=O) groups is 1. The summed E-state index contributed by atoms with van der Waals surface area (Å²) >= 11 is 0. The van der Waals surface area contributed by atoms with Gasteiger partial charge in [-0.2, -0.15) is 17.0 Å². The largest absolute Gasteiger partial charge is 0.325 e. The maximum Gasteiger partial charge on any atom is 0.282 e. The fourth-order valence-corrected chi connectivity index (χ4v) is 3.40. The van der Waals surface area contributed by atoms with Gasteiger partial charge in [-0.15, -0.1) is 0 Å². The highest BCUT2D eigenvalue weighted by Crippen LogP contribution is 2.09. The number of carbonyl (C=O) groups excluding carboxylic acids is 1. The Morgan fingerprint density at radius 1 is 1.29 bits per heavy atom. The Labute approximate surface area is 125 Å². The quantitative estimate of drug-likeness (QED) is 0.782. The number of amides is 1. The third-order valence-corrected chi connectivity index (χ3v) is 5.15. The molecule has 2 rings (SSSR count). The number of piperazine rings is 1. The number of likely N-dealkylation sites (N-methyl/N-ethyl adjacent to an activating group) is 1. The van der Waals surface area contributed by atoms with Gasteiger partial charge in [0.2, 0.25) is 5.91 Å². The minimum Gasteiger partial charge on any atom is -0.325 e. The van der Waals surface area contributed by atoms with Crippen LogP contribution in [0, 0.1) is 0 Å². The first-order chi connectivity index (χ1) is 10.00. The number of anilines is 1. The van der Waals surface area contributed by atoms with Gasteiger partial charge in [-0.1, -0.05) is 18.2 Å². The van der Waals surface area contributed by atoms with E-state index in [2.05, 4.69) is 10.6 Å². The summed E-state index contributed by atoms with van der Waals surface area (Å²) in [4.78, 5) is 11.9. The van der Waals surface area contributed by atoms with E-state index >= 15 is 0 Å².